The molecule has 2 atom stereocenters. The fourth-order valence-corrected chi connectivity index (χ4v) is 3.78. The van der Waals surface area contributed by atoms with Gasteiger partial charge in [-0.05, 0) is 58.4 Å². The number of nitrogens with zero attached hydrogens (tertiary/aromatic N) is 1. The van der Waals surface area contributed by atoms with E-state index in [1.54, 1.807) is 6.07 Å². The Balaban J connectivity index is 2.36. The number of methoxy groups -OCH3 is 1. The number of phenols is 1. The summed E-state index contributed by atoms with van der Waals surface area (Å²) in [5.74, 6) is -1.01. The predicted octanol–water partition coefficient (Wildman–Crippen LogP) is 4.16. The topological polar surface area (TPSA) is 141 Å². The molecular weight excluding hydrogens is 538 g/mol. The molecule has 162 valence electrons. The molecule has 2 aromatic carbocycles. The maximum Gasteiger partial charge on any atom is 0.412 e. The molecule has 0 aliphatic heterocycles. The lowest BCUT2D eigenvalue weighted by atomic mass is 10.0. The standard InChI is InChI=1S/C20H17Br2N3O6/c1-30-16(6-7-17(26)25-29)19(14-8-12(21)9-15(22)18(14)27)31-20(28)24-13-4-2-11(10-23)3-5-13/h2-9,16,19,27,29H,1H3,(H,24,28)(H,25,26)/b7-6+/t16-,19-/m0/s1. The van der Waals surface area contributed by atoms with Crippen molar-refractivity contribution in [3.63, 3.8) is 0 Å². The number of nitriles is 1. The maximum absolute atomic E-state index is 12.5. The minimum Gasteiger partial charge on any atom is -0.506 e. The van der Waals surface area contributed by atoms with Gasteiger partial charge in [-0.1, -0.05) is 15.9 Å². The second-order valence-corrected chi connectivity index (χ2v) is 7.77. The second kappa shape index (κ2) is 11.5. The van der Waals surface area contributed by atoms with Gasteiger partial charge in [0.1, 0.15) is 11.9 Å². The van der Waals surface area contributed by atoms with Gasteiger partial charge >= 0.3 is 6.09 Å². The van der Waals surface area contributed by atoms with Crippen molar-refractivity contribution in [2.45, 2.75) is 12.2 Å². The van der Waals surface area contributed by atoms with E-state index in [9.17, 15) is 14.7 Å². The molecule has 11 heteroatoms. The third-order valence-electron chi connectivity index (χ3n) is 3.98. The fourth-order valence-electron chi connectivity index (χ4n) is 2.52. The van der Waals surface area contributed by atoms with E-state index in [1.807, 2.05) is 6.07 Å². The molecule has 0 bridgehead atoms. The number of aromatic hydroxyl groups is 1. The predicted molar refractivity (Wildman–Crippen MR) is 117 cm³/mol. The molecule has 31 heavy (non-hydrogen) atoms. The highest BCUT2D eigenvalue weighted by atomic mass is 79.9. The Morgan fingerprint density at radius 1 is 1.23 bits per heavy atom. The van der Waals surface area contributed by atoms with Crippen molar-refractivity contribution in [2.75, 3.05) is 12.4 Å². The molecule has 0 aliphatic carbocycles. The third-order valence-corrected chi connectivity index (χ3v) is 5.04. The molecule has 0 spiro atoms. The van der Waals surface area contributed by atoms with Crippen LogP contribution in [0, 0.1) is 11.3 Å². The summed E-state index contributed by atoms with van der Waals surface area (Å²) in [6.07, 6.45) is -0.796. The van der Waals surface area contributed by atoms with Gasteiger partial charge < -0.3 is 14.6 Å². The molecule has 0 saturated carbocycles. The Hall–Kier alpha value is -2.91. The van der Waals surface area contributed by atoms with Gasteiger partial charge in [-0.2, -0.15) is 5.26 Å². The number of hydrogen-bond donors (Lipinski definition) is 4. The Bertz CT molecular complexity index is 1020. The first-order chi connectivity index (χ1) is 14.8. The van der Waals surface area contributed by atoms with Crippen LogP contribution in [0.4, 0.5) is 10.5 Å². The number of hydrogen-bond acceptors (Lipinski definition) is 7. The zero-order valence-electron chi connectivity index (χ0n) is 16.0. The van der Waals surface area contributed by atoms with Crippen LogP contribution in [0.25, 0.3) is 0 Å². The van der Waals surface area contributed by atoms with E-state index in [0.717, 1.165) is 6.08 Å². The molecule has 0 radical (unpaired) electrons. The van der Waals surface area contributed by atoms with E-state index in [0.29, 0.717) is 20.2 Å². The third kappa shape index (κ3) is 6.80. The van der Waals surface area contributed by atoms with Gasteiger partial charge in [-0.25, -0.2) is 10.3 Å². The van der Waals surface area contributed by atoms with Crippen LogP contribution in [0.5, 0.6) is 5.75 Å². The summed E-state index contributed by atoms with van der Waals surface area (Å²) in [5, 5.41) is 30.6. The highest BCUT2D eigenvalue weighted by Crippen LogP contribution is 2.39. The Kier molecular flexibility index (Phi) is 9.02. The normalized spacial score (nSPS) is 12.6. The quantitative estimate of drug-likeness (QED) is 0.229. The summed E-state index contributed by atoms with van der Waals surface area (Å²) in [6, 6.07) is 11.2. The van der Waals surface area contributed by atoms with Gasteiger partial charge in [0, 0.05) is 28.9 Å². The van der Waals surface area contributed by atoms with E-state index in [-0.39, 0.29) is 11.3 Å². The summed E-state index contributed by atoms with van der Waals surface area (Å²) < 4.78 is 11.8. The van der Waals surface area contributed by atoms with Crippen molar-refractivity contribution < 1.29 is 29.4 Å². The lowest BCUT2D eigenvalue weighted by Crippen LogP contribution is -2.27. The number of ether oxygens (including phenoxy) is 2. The molecule has 0 unspecified atom stereocenters. The molecule has 0 saturated heterocycles. The molecule has 0 fully saturated rings. The number of halogens is 2. The smallest absolute Gasteiger partial charge is 0.412 e. The number of carbonyl (C=O) groups excluding carboxylic acids is 2. The largest absolute Gasteiger partial charge is 0.506 e. The first-order valence-electron chi connectivity index (χ1n) is 8.59. The van der Waals surface area contributed by atoms with Gasteiger partial charge in [-0.3, -0.25) is 15.3 Å². The minimum absolute atomic E-state index is 0.192. The summed E-state index contributed by atoms with van der Waals surface area (Å²) in [4.78, 5) is 23.9. The van der Waals surface area contributed by atoms with E-state index < -0.39 is 24.2 Å². The lowest BCUT2D eigenvalue weighted by Gasteiger charge is -2.25. The molecule has 2 aromatic rings. The monoisotopic (exact) mass is 553 g/mol. The van der Waals surface area contributed by atoms with Crippen molar-refractivity contribution in [2.24, 2.45) is 0 Å². The van der Waals surface area contributed by atoms with Crippen LogP contribution >= 0.6 is 31.9 Å². The molecule has 2 amide bonds. The zero-order chi connectivity index (χ0) is 23.0. The summed E-state index contributed by atoms with van der Waals surface area (Å²) in [5.41, 5.74) is 2.44. The molecule has 2 rings (SSSR count). The van der Waals surface area contributed by atoms with Gasteiger partial charge in [0.15, 0.2) is 6.10 Å². The Morgan fingerprint density at radius 3 is 2.48 bits per heavy atom. The molecular formula is C20H17Br2N3O6. The highest BCUT2D eigenvalue weighted by molar-refractivity contribution is 9.11. The van der Waals surface area contributed by atoms with E-state index in [1.165, 1.54) is 49.0 Å². The van der Waals surface area contributed by atoms with Gasteiger partial charge in [-0.15, -0.1) is 0 Å². The molecule has 0 aliphatic rings. The first kappa shape index (κ1) is 24.4. The summed E-state index contributed by atoms with van der Waals surface area (Å²) >= 11 is 6.54. The van der Waals surface area contributed by atoms with Crippen molar-refractivity contribution in [1.82, 2.24) is 5.48 Å². The van der Waals surface area contributed by atoms with Crippen LogP contribution in [-0.2, 0) is 14.3 Å². The maximum atomic E-state index is 12.5. The number of carbonyl (C=O) groups is 2. The number of amides is 2. The minimum atomic E-state index is -1.18. The zero-order valence-corrected chi connectivity index (χ0v) is 19.2. The Morgan fingerprint density at radius 2 is 1.90 bits per heavy atom. The van der Waals surface area contributed by atoms with Crippen LogP contribution in [-0.4, -0.2) is 35.5 Å². The lowest BCUT2D eigenvalue weighted by molar-refractivity contribution is -0.124. The van der Waals surface area contributed by atoms with Gasteiger partial charge in [0.2, 0.25) is 0 Å². The highest BCUT2D eigenvalue weighted by Gasteiger charge is 2.29. The van der Waals surface area contributed by atoms with E-state index >= 15 is 0 Å². The number of rotatable bonds is 7. The van der Waals surface area contributed by atoms with Crippen LogP contribution in [0.1, 0.15) is 17.2 Å². The van der Waals surface area contributed by atoms with Crippen LogP contribution < -0.4 is 10.8 Å². The van der Waals surface area contributed by atoms with Crippen LogP contribution in [0.2, 0.25) is 0 Å². The second-order valence-electron chi connectivity index (χ2n) is 6.00. The number of nitrogens with one attached hydrogen (secondary N) is 2. The SMILES string of the molecule is CO[C@@H](/C=C/C(=O)NO)[C@@H](OC(=O)Nc1ccc(C#N)cc1)c1cc(Br)cc(Br)c1O. The van der Waals surface area contributed by atoms with Gasteiger partial charge in [0.05, 0.1) is 16.1 Å². The van der Waals surface area contributed by atoms with Crippen molar-refractivity contribution in [3.05, 3.63) is 68.6 Å². The number of anilines is 1. The molecule has 4 N–H and O–H groups in total. The molecule has 0 aromatic heterocycles. The van der Waals surface area contributed by atoms with E-state index in [4.69, 9.17) is 19.9 Å². The first-order valence-corrected chi connectivity index (χ1v) is 10.2. The molecule has 0 heterocycles. The average molecular weight is 555 g/mol. The van der Waals surface area contributed by atoms with Crippen LogP contribution in [0.15, 0.2) is 57.5 Å². The Labute approximate surface area is 194 Å². The summed E-state index contributed by atoms with van der Waals surface area (Å²) in [7, 11) is 1.32. The molecule has 9 nitrogen and oxygen atoms in total. The van der Waals surface area contributed by atoms with Crippen molar-refractivity contribution >= 4 is 49.5 Å². The van der Waals surface area contributed by atoms with Gasteiger partial charge in [0.25, 0.3) is 5.91 Å². The average Bonchev–Trinajstić information content (AvgIpc) is 2.76. The summed E-state index contributed by atoms with van der Waals surface area (Å²) in [6.45, 7) is 0. The fraction of sp³-hybridized carbons (Fsp3) is 0.150. The number of hydroxylamine groups is 1. The van der Waals surface area contributed by atoms with Crippen molar-refractivity contribution in [1.29, 1.82) is 5.26 Å². The number of benzene rings is 2. The van der Waals surface area contributed by atoms with E-state index in [2.05, 4.69) is 37.2 Å². The number of phenolic OH excluding ortho intramolecular Hbond substituents is 1. The van der Waals surface area contributed by atoms with Crippen LogP contribution in [0.3, 0.4) is 0 Å². The van der Waals surface area contributed by atoms with Crippen molar-refractivity contribution in [3.8, 4) is 11.8 Å².